The number of methoxy groups -OCH3 is 1. The number of isocyanates is 1. The molecule has 0 aliphatic rings. The van der Waals surface area contributed by atoms with Gasteiger partial charge < -0.3 is 4.74 Å². The molecule has 0 aromatic heterocycles. The van der Waals surface area contributed by atoms with Crippen LogP contribution in [-0.4, -0.2) is 19.7 Å². The van der Waals surface area contributed by atoms with Crippen LogP contribution in [0.2, 0.25) is 0 Å². The molecule has 15 heavy (non-hydrogen) atoms. The van der Waals surface area contributed by atoms with Crippen LogP contribution in [0, 0.1) is 0 Å². The quantitative estimate of drug-likeness (QED) is 0.623. The molecule has 1 rings (SSSR count). The van der Waals surface area contributed by atoms with Crippen molar-refractivity contribution < 1.29 is 9.53 Å². The highest BCUT2D eigenvalue weighted by Crippen LogP contribution is 2.26. The van der Waals surface area contributed by atoms with Gasteiger partial charge in [0.15, 0.2) is 0 Å². The third-order valence-corrected chi connectivity index (χ3v) is 2.88. The van der Waals surface area contributed by atoms with E-state index < -0.39 is 5.60 Å². The maximum atomic E-state index is 10.1. The molecule has 0 radical (unpaired) electrons. The minimum Gasteiger partial charge on any atom is -0.372 e. The van der Waals surface area contributed by atoms with Gasteiger partial charge in [0.05, 0.1) is 6.54 Å². The lowest BCUT2D eigenvalue weighted by atomic mass is 9.96. The van der Waals surface area contributed by atoms with Crippen LogP contribution in [0.25, 0.3) is 0 Å². The molecule has 0 aliphatic carbocycles. The highest BCUT2D eigenvalue weighted by atomic mass is 79.9. The molecule has 0 aliphatic heterocycles. The minimum absolute atomic E-state index is 0.272. The topological polar surface area (TPSA) is 38.7 Å². The van der Waals surface area contributed by atoms with Crippen LogP contribution in [0.5, 0.6) is 0 Å². The Morgan fingerprint density at radius 3 is 2.53 bits per heavy atom. The number of hydrogen-bond donors (Lipinski definition) is 0. The van der Waals surface area contributed by atoms with Gasteiger partial charge in [-0.05, 0) is 24.6 Å². The lowest BCUT2D eigenvalue weighted by molar-refractivity contribution is 0.0105. The second-order valence-electron chi connectivity index (χ2n) is 3.35. The number of benzene rings is 1. The zero-order valence-corrected chi connectivity index (χ0v) is 10.2. The summed E-state index contributed by atoms with van der Waals surface area (Å²) in [5.74, 6) is 0. The number of hydrogen-bond acceptors (Lipinski definition) is 3. The van der Waals surface area contributed by atoms with Crippen LogP contribution in [0.4, 0.5) is 0 Å². The normalized spacial score (nSPS) is 14.1. The van der Waals surface area contributed by atoms with Gasteiger partial charge in [0.1, 0.15) is 5.60 Å². The Morgan fingerprint density at radius 1 is 1.47 bits per heavy atom. The van der Waals surface area contributed by atoms with Gasteiger partial charge in [-0.3, -0.25) is 0 Å². The van der Waals surface area contributed by atoms with E-state index in [0.717, 1.165) is 10.0 Å². The van der Waals surface area contributed by atoms with Crippen LogP contribution >= 0.6 is 15.9 Å². The minimum atomic E-state index is -0.571. The summed E-state index contributed by atoms with van der Waals surface area (Å²) in [6, 6.07) is 7.73. The van der Waals surface area contributed by atoms with Gasteiger partial charge in [-0.15, -0.1) is 0 Å². The van der Waals surface area contributed by atoms with Crippen molar-refractivity contribution in [3.05, 3.63) is 34.3 Å². The lowest BCUT2D eigenvalue weighted by Crippen LogP contribution is -2.27. The third kappa shape index (κ3) is 2.99. The van der Waals surface area contributed by atoms with Crippen molar-refractivity contribution >= 4 is 22.0 Å². The van der Waals surface area contributed by atoms with Crippen molar-refractivity contribution in [3.63, 3.8) is 0 Å². The van der Waals surface area contributed by atoms with Crippen molar-refractivity contribution in [1.29, 1.82) is 0 Å². The number of halogens is 1. The Balaban J connectivity index is 2.99. The Kier molecular flexibility index (Phi) is 4.21. The van der Waals surface area contributed by atoms with E-state index in [2.05, 4.69) is 20.9 Å². The fourth-order valence-corrected chi connectivity index (χ4v) is 1.52. The summed E-state index contributed by atoms with van der Waals surface area (Å²) in [7, 11) is 1.60. The summed E-state index contributed by atoms with van der Waals surface area (Å²) >= 11 is 3.36. The van der Waals surface area contributed by atoms with Crippen LogP contribution in [-0.2, 0) is 15.1 Å². The lowest BCUT2D eigenvalue weighted by Gasteiger charge is -2.26. The molecule has 0 heterocycles. The molecule has 0 amide bonds. The number of rotatable bonds is 4. The van der Waals surface area contributed by atoms with E-state index in [0.29, 0.717) is 0 Å². The van der Waals surface area contributed by atoms with Gasteiger partial charge in [-0.25, -0.2) is 9.79 Å². The zero-order valence-electron chi connectivity index (χ0n) is 8.66. The summed E-state index contributed by atoms with van der Waals surface area (Å²) in [6.45, 7) is 2.16. The molecule has 0 spiro atoms. The Hall–Kier alpha value is -0.960. The highest BCUT2D eigenvalue weighted by molar-refractivity contribution is 9.10. The first-order valence-corrected chi connectivity index (χ1v) is 5.26. The number of ether oxygens (including phenoxy) is 1. The van der Waals surface area contributed by atoms with Crippen molar-refractivity contribution in [2.75, 3.05) is 13.7 Å². The fraction of sp³-hybridized carbons (Fsp3) is 0.364. The summed E-state index contributed by atoms with van der Waals surface area (Å²) in [5, 5.41) is 0. The molecule has 1 atom stereocenters. The largest absolute Gasteiger partial charge is 0.372 e. The average molecular weight is 270 g/mol. The summed E-state index contributed by atoms with van der Waals surface area (Å²) in [4.78, 5) is 13.7. The molecular formula is C11H12BrNO2. The first-order chi connectivity index (χ1) is 7.12. The summed E-state index contributed by atoms with van der Waals surface area (Å²) in [6.07, 6.45) is 1.52. The van der Waals surface area contributed by atoms with Gasteiger partial charge in [-0.2, -0.15) is 0 Å². The Bertz CT molecular complexity index is 371. The van der Waals surface area contributed by atoms with Crippen LogP contribution in [0.3, 0.4) is 0 Å². The smallest absolute Gasteiger partial charge is 0.235 e. The van der Waals surface area contributed by atoms with Gasteiger partial charge in [0.2, 0.25) is 6.08 Å². The molecule has 3 nitrogen and oxygen atoms in total. The maximum Gasteiger partial charge on any atom is 0.235 e. The highest BCUT2D eigenvalue weighted by Gasteiger charge is 2.25. The standard InChI is InChI=1S/C11H12BrNO2/c1-11(15-2,7-13-8-14)9-3-5-10(12)6-4-9/h3-6H,7H2,1-2H3. The van der Waals surface area contributed by atoms with E-state index >= 15 is 0 Å². The second-order valence-corrected chi connectivity index (χ2v) is 4.27. The Morgan fingerprint density at radius 2 is 2.07 bits per heavy atom. The first kappa shape index (κ1) is 12.1. The molecule has 4 heteroatoms. The molecule has 0 N–H and O–H groups in total. The number of nitrogens with zero attached hydrogens (tertiary/aromatic N) is 1. The summed E-state index contributed by atoms with van der Waals surface area (Å²) < 4.78 is 6.38. The average Bonchev–Trinajstić information content (AvgIpc) is 2.27. The SMILES string of the molecule is COC(C)(CN=C=O)c1ccc(Br)cc1. The maximum absolute atomic E-state index is 10.1. The van der Waals surface area contributed by atoms with Crippen molar-refractivity contribution in [3.8, 4) is 0 Å². The first-order valence-electron chi connectivity index (χ1n) is 4.47. The van der Waals surface area contributed by atoms with Gasteiger partial charge in [0.25, 0.3) is 0 Å². The number of aliphatic imine (C=N–C) groups is 1. The van der Waals surface area contributed by atoms with E-state index in [4.69, 9.17) is 4.74 Å². The van der Waals surface area contributed by atoms with Crippen molar-refractivity contribution in [2.45, 2.75) is 12.5 Å². The fourth-order valence-electron chi connectivity index (χ4n) is 1.26. The molecular weight excluding hydrogens is 258 g/mol. The van der Waals surface area contributed by atoms with Crippen LogP contribution in [0.1, 0.15) is 12.5 Å². The van der Waals surface area contributed by atoms with E-state index in [1.165, 1.54) is 6.08 Å². The molecule has 0 fully saturated rings. The van der Waals surface area contributed by atoms with Crippen molar-refractivity contribution in [2.24, 2.45) is 4.99 Å². The summed E-state index contributed by atoms with van der Waals surface area (Å²) in [5.41, 5.74) is 0.408. The van der Waals surface area contributed by atoms with Crippen LogP contribution in [0.15, 0.2) is 33.7 Å². The number of carbonyl (C=O) groups excluding carboxylic acids is 1. The predicted octanol–water partition coefficient (Wildman–Crippen LogP) is 2.65. The zero-order chi connectivity index (χ0) is 11.3. The molecule has 1 unspecified atom stereocenters. The van der Waals surface area contributed by atoms with E-state index in [1.54, 1.807) is 7.11 Å². The molecule has 1 aromatic carbocycles. The molecule has 0 saturated heterocycles. The van der Waals surface area contributed by atoms with Gasteiger partial charge in [-0.1, -0.05) is 28.1 Å². The molecule has 1 aromatic rings. The Labute approximate surface area is 97.3 Å². The molecule has 0 bridgehead atoms. The second kappa shape index (κ2) is 5.21. The monoisotopic (exact) mass is 269 g/mol. The van der Waals surface area contributed by atoms with Gasteiger partial charge in [0, 0.05) is 11.6 Å². The van der Waals surface area contributed by atoms with Crippen LogP contribution < -0.4 is 0 Å². The molecule has 80 valence electrons. The van der Waals surface area contributed by atoms with Crippen molar-refractivity contribution in [1.82, 2.24) is 0 Å². The predicted molar refractivity (Wildman–Crippen MR) is 61.5 cm³/mol. The van der Waals surface area contributed by atoms with E-state index in [1.807, 2.05) is 31.2 Å². The van der Waals surface area contributed by atoms with E-state index in [9.17, 15) is 4.79 Å². The van der Waals surface area contributed by atoms with E-state index in [-0.39, 0.29) is 6.54 Å². The third-order valence-electron chi connectivity index (χ3n) is 2.35. The van der Waals surface area contributed by atoms with Gasteiger partial charge >= 0.3 is 0 Å². The molecule has 0 saturated carbocycles.